The molecule has 9 heteroatoms. The number of hydrogen-bond donors (Lipinski definition) is 2. The highest BCUT2D eigenvalue weighted by molar-refractivity contribution is 8.01. The van der Waals surface area contributed by atoms with Gasteiger partial charge in [-0.25, -0.2) is 8.42 Å². The number of likely N-dealkylation sites (tertiary alicyclic amines) is 1. The van der Waals surface area contributed by atoms with Crippen LogP contribution in [-0.2, 0) is 19.6 Å². The first-order chi connectivity index (χ1) is 13.8. The summed E-state index contributed by atoms with van der Waals surface area (Å²) >= 11 is 1.17. The molecule has 2 aromatic carbocycles. The van der Waals surface area contributed by atoms with Gasteiger partial charge in [-0.1, -0.05) is 12.1 Å². The first-order valence-corrected chi connectivity index (χ1v) is 11.7. The number of carbonyl (C=O) groups is 2. The molecule has 1 saturated heterocycles. The van der Waals surface area contributed by atoms with Crippen molar-refractivity contribution in [2.75, 3.05) is 23.1 Å². The summed E-state index contributed by atoms with van der Waals surface area (Å²) in [5.74, 6) is -0.603. The van der Waals surface area contributed by atoms with Crippen LogP contribution in [0.4, 0.5) is 11.4 Å². The summed E-state index contributed by atoms with van der Waals surface area (Å²) in [6, 6.07) is 11.6. The van der Waals surface area contributed by atoms with Crippen LogP contribution < -0.4 is 10.0 Å². The fourth-order valence-corrected chi connectivity index (χ4v) is 5.57. The minimum atomic E-state index is -3.81. The molecule has 2 aliphatic rings. The van der Waals surface area contributed by atoms with Gasteiger partial charge in [0.2, 0.25) is 11.8 Å². The van der Waals surface area contributed by atoms with Crippen LogP contribution in [0.25, 0.3) is 0 Å². The molecule has 0 saturated carbocycles. The molecule has 2 heterocycles. The number of aryl methyl sites for hydroxylation is 1. The van der Waals surface area contributed by atoms with E-state index < -0.39 is 21.2 Å². The van der Waals surface area contributed by atoms with E-state index in [1.165, 1.54) is 23.9 Å². The lowest BCUT2D eigenvalue weighted by Crippen LogP contribution is -2.43. The van der Waals surface area contributed by atoms with E-state index in [-0.39, 0.29) is 10.8 Å². The van der Waals surface area contributed by atoms with E-state index in [1.807, 2.05) is 13.0 Å². The second kappa shape index (κ2) is 7.72. The van der Waals surface area contributed by atoms with Gasteiger partial charge in [0.1, 0.15) is 0 Å². The highest BCUT2D eigenvalue weighted by atomic mass is 32.2. The summed E-state index contributed by atoms with van der Waals surface area (Å²) in [6.07, 6.45) is 1.91. The molecule has 0 radical (unpaired) electrons. The summed E-state index contributed by atoms with van der Waals surface area (Å²) in [5.41, 5.74) is 1.81. The molecule has 4 rings (SSSR count). The Labute approximate surface area is 173 Å². The number of sulfonamides is 1. The van der Waals surface area contributed by atoms with Crippen LogP contribution in [0.3, 0.4) is 0 Å². The van der Waals surface area contributed by atoms with E-state index in [1.54, 1.807) is 29.2 Å². The van der Waals surface area contributed by atoms with Gasteiger partial charge in [-0.2, -0.15) is 0 Å². The molecular formula is C20H21N3O4S2. The zero-order valence-corrected chi connectivity index (χ0v) is 17.5. The monoisotopic (exact) mass is 431 g/mol. The lowest BCUT2D eigenvalue weighted by atomic mass is 10.2. The fraction of sp³-hybridized carbons (Fsp3) is 0.300. The average molecular weight is 432 g/mol. The second-order valence-corrected chi connectivity index (χ2v) is 9.98. The Morgan fingerprint density at radius 2 is 1.93 bits per heavy atom. The van der Waals surface area contributed by atoms with Crippen LogP contribution in [-0.4, -0.2) is 43.5 Å². The van der Waals surface area contributed by atoms with Gasteiger partial charge in [0.05, 0.1) is 10.6 Å². The number of thioether (sulfide) groups is 1. The maximum Gasteiger partial charge on any atom is 0.261 e. The Balaban J connectivity index is 1.56. The number of anilines is 2. The zero-order chi connectivity index (χ0) is 20.6. The summed E-state index contributed by atoms with van der Waals surface area (Å²) < 4.78 is 28.0. The number of hydrogen-bond acceptors (Lipinski definition) is 5. The van der Waals surface area contributed by atoms with Gasteiger partial charge in [0, 0.05) is 23.7 Å². The Morgan fingerprint density at radius 3 is 2.66 bits per heavy atom. The van der Waals surface area contributed by atoms with E-state index in [0.29, 0.717) is 29.4 Å². The van der Waals surface area contributed by atoms with Gasteiger partial charge >= 0.3 is 0 Å². The van der Waals surface area contributed by atoms with Crippen LogP contribution in [0.5, 0.6) is 0 Å². The van der Waals surface area contributed by atoms with Crippen molar-refractivity contribution < 1.29 is 18.0 Å². The minimum absolute atomic E-state index is 0.0444. The van der Waals surface area contributed by atoms with Crippen molar-refractivity contribution in [2.24, 2.45) is 0 Å². The molecule has 2 aromatic rings. The molecule has 2 amide bonds. The predicted octanol–water partition coefficient (Wildman–Crippen LogP) is 2.83. The third kappa shape index (κ3) is 4.11. The number of benzene rings is 2. The number of amides is 2. The number of nitrogens with one attached hydrogen (secondary N) is 2. The molecule has 2 aliphatic heterocycles. The van der Waals surface area contributed by atoms with Crippen molar-refractivity contribution in [1.29, 1.82) is 0 Å². The normalized spacial score (nSPS) is 18.9. The molecule has 2 N–H and O–H groups in total. The van der Waals surface area contributed by atoms with Crippen LogP contribution in [0.15, 0.2) is 52.3 Å². The van der Waals surface area contributed by atoms with E-state index in [4.69, 9.17) is 0 Å². The third-order valence-electron chi connectivity index (χ3n) is 4.91. The quantitative estimate of drug-likeness (QED) is 0.726. The first-order valence-electron chi connectivity index (χ1n) is 9.33. The first kappa shape index (κ1) is 19.8. The van der Waals surface area contributed by atoms with Crippen LogP contribution >= 0.6 is 11.8 Å². The van der Waals surface area contributed by atoms with E-state index >= 15 is 0 Å². The molecule has 0 unspecified atom stereocenters. The van der Waals surface area contributed by atoms with E-state index in [2.05, 4.69) is 10.0 Å². The largest absolute Gasteiger partial charge is 0.341 e. The molecule has 0 spiro atoms. The Bertz CT molecular complexity index is 1080. The predicted molar refractivity (Wildman–Crippen MR) is 113 cm³/mol. The van der Waals surface area contributed by atoms with E-state index in [0.717, 1.165) is 18.4 Å². The molecular weight excluding hydrogens is 410 g/mol. The summed E-state index contributed by atoms with van der Waals surface area (Å²) in [6.45, 7) is 3.24. The highest BCUT2D eigenvalue weighted by Gasteiger charge is 2.37. The maximum absolute atomic E-state index is 12.7. The lowest BCUT2D eigenvalue weighted by Gasteiger charge is -2.27. The number of nitrogens with zero attached hydrogens (tertiary/aromatic N) is 1. The molecule has 1 fully saturated rings. The van der Waals surface area contributed by atoms with Crippen LogP contribution in [0.2, 0.25) is 0 Å². The van der Waals surface area contributed by atoms with Gasteiger partial charge in [0.15, 0.2) is 5.25 Å². The lowest BCUT2D eigenvalue weighted by molar-refractivity contribution is -0.133. The summed E-state index contributed by atoms with van der Waals surface area (Å²) in [5, 5.41) is 1.86. The van der Waals surface area contributed by atoms with Crippen LogP contribution in [0.1, 0.15) is 18.4 Å². The van der Waals surface area contributed by atoms with Crippen molar-refractivity contribution in [1.82, 2.24) is 4.90 Å². The molecule has 152 valence electrons. The Hall–Kier alpha value is -2.52. The van der Waals surface area contributed by atoms with Crippen molar-refractivity contribution in [3.8, 4) is 0 Å². The SMILES string of the molecule is Cc1cccc(NS(=O)(=O)c2ccc3c(c2)NC(=O)[C@H](C(=O)N2CCCC2)S3)c1. The van der Waals surface area contributed by atoms with Crippen molar-refractivity contribution in [3.63, 3.8) is 0 Å². The van der Waals surface area contributed by atoms with Gasteiger partial charge in [-0.15, -0.1) is 11.8 Å². The topological polar surface area (TPSA) is 95.6 Å². The van der Waals surface area contributed by atoms with Gasteiger partial charge in [-0.3, -0.25) is 14.3 Å². The maximum atomic E-state index is 12.7. The molecule has 0 aliphatic carbocycles. The highest BCUT2D eigenvalue weighted by Crippen LogP contribution is 2.38. The van der Waals surface area contributed by atoms with Crippen molar-refractivity contribution >= 4 is 45.0 Å². The third-order valence-corrected chi connectivity index (χ3v) is 7.55. The minimum Gasteiger partial charge on any atom is -0.341 e. The molecule has 7 nitrogen and oxygen atoms in total. The van der Waals surface area contributed by atoms with Crippen molar-refractivity contribution in [3.05, 3.63) is 48.0 Å². The summed E-state index contributed by atoms with van der Waals surface area (Å²) in [4.78, 5) is 27.6. The van der Waals surface area contributed by atoms with Gasteiger partial charge in [0.25, 0.3) is 10.0 Å². The molecule has 0 bridgehead atoms. The zero-order valence-electron chi connectivity index (χ0n) is 15.8. The number of rotatable bonds is 4. The van der Waals surface area contributed by atoms with Crippen LogP contribution in [0, 0.1) is 6.92 Å². The van der Waals surface area contributed by atoms with Crippen molar-refractivity contribution in [2.45, 2.75) is 34.8 Å². The Morgan fingerprint density at radius 1 is 1.17 bits per heavy atom. The molecule has 0 aromatic heterocycles. The van der Waals surface area contributed by atoms with E-state index in [9.17, 15) is 18.0 Å². The Kier molecular flexibility index (Phi) is 5.26. The second-order valence-electron chi connectivity index (χ2n) is 7.15. The average Bonchev–Trinajstić information content (AvgIpc) is 3.21. The van der Waals surface area contributed by atoms with Gasteiger partial charge in [-0.05, 0) is 55.7 Å². The summed E-state index contributed by atoms with van der Waals surface area (Å²) in [7, 11) is -3.81. The molecule has 29 heavy (non-hydrogen) atoms. The van der Waals surface area contributed by atoms with Gasteiger partial charge < -0.3 is 10.2 Å². The smallest absolute Gasteiger partial charge is 0.261 e. The standard InChI is InChI=1S/C20H21N3O4S2/c1-13-5-4-6-14(11-13)22-29(26,27)15-7-8-17-16(12-15)21-19(24)18(28-17)20(25)23-9-2-3-10-23/h4-8,11-12,18,22H,2-3,9-10H2,1H3,(H,21,24)/t18-/m1/s1. The number of carbonyl (C=O) groups excluding carboxylic acids is 2. The number of fused-ring (bicyclic) bond motifs is 1. The fourth-order valence-electron chi connectivity index (χ4n) is 3.44. The molecule has 1 atom stereocenters.